The second-order valence-corrected chi connectivity index (χ2v) is 5.28. The van der Waals surface area contributed by atoms with Gasteiger partial charge in [0.25, 0.3) is 0 Å². The lowest BCUT2D eigenvalue weighted by molar-refractivity contribution is -0.143. The topological polar surface area (TPSA) is 49.3 Å². The number of benzene rings is 1. The summed E-state index contributed by atoms with van der Waals surface area (Å²) in [5.41, 5.74) is -0.617. The SMILES string of the molecule is FC(F)(F)c1cc(NC(=S)N/N=C\c2ccccn2)cc(C(F)(F)F)c1. The zero-order chi connectivity index (χ0) is 19.4. The minimum atomic E-state index is -4.94. The van der Waals surface area contributed by atoms with Crippen LogP contribution in [0, 0.1) is 0 Å². The van der Waals surface area contributed by atoms with Gasteiger partial charge in [-0.05, 0) is 42.5 Å². The molecule has 1 heterocycles. The molecule has 0 aliphatic heterocycles. The maximum atomic E-state index is 12.8. The summed E-state index contributed by atoms with van der Waals surface area (Å²) in [6.07, 6.45) is -7.09. The highest BCUT2D eigenvalue weighted by Gasteiger charge is 2.36. The van der Waals surface area contributed by atoms with Crippen LogP contribution in [0.15, 0.2) is 47.7 Å². The number of hydrogen-bond acceptors (Lipinski definition) is 3. The first-order valence-electron chi connectivity index (χ1n) is 6.86. The number of anilines is 1. The molecule has 2 N–H and O–H groups in total. The first-order chi connectivity index (χ1) is 12.1. The monoisotopic (exact) mass is 392 g/mol. The lowest BCUT2D eigenvalue weighted by Crippen LogP contribution is -2.24. The van der Waals surface area contributed by atoms with Crippen LogP contribution < -0.4 is 10.7 Å². The van der Waals surface area contributed by atoms with Crippen LogP contribution in [-0.4, -0.2) is 16.3 Å². The molecule has 0 saturated carbocycles. The van der Waals surface area contributed by atoms with Crippen LogP contribution in [0.3, 0.4) is 0 Å². The molecule has 138 valence electrons. The molecule has 11 heteroatoms. The van der Waals surface area contributed by atoms with Gasteiger partial charge in [-0.15, -0.1) is 0 Å². The zero-order valence-corrected chi connectivity index (χ0v) is 13.5. The molecule has 2 aromatic rings. The molecule has 0 saturated heterocycles. The fraction of sp³-hybridized carbons (Fsp3) is 0.133. The van der Waals surface area contributed by atoms with E-state index in [-0.39, 0.29) is 11.2 Å². The number of pyridine rings is 1. The first-order valence-corrected chi connectivity index (χ1v) is 7.27. The largest absolute Gasteiger partial charge is 0.416 e. The highest BCUT2D eigenvalue weighted by molar-refractivity contribution is 7.80. The van der Waals surface area contributed by atoms with Gasteiger partial charge in [-0.1, -0.05) is 6.07 Å². The van der Waals surface area contributed by atoms with Crippen molar-refractivity contribution in [2.75, 3.05) is 5.32 Å². The van der Waals surface area contributed by atoms with E-state index in [9.17, 15) is 26.3 Å². The fourth-order valence-electron chi connectivity index (χ4n) is 1.80. The molecular weight excluding hydrogens is 382 g/mol. The van der Waals surface area contributed by atoms with Crippen LogP contribution in [0.2, 0.25) is 0 Å². The van der Waals surface area contributed by atoms with Gasteiger partial charge in [0.2, 0.25) is 0 Å². The summed E-state index contributed by atoms with van der Waals surface area (Å²) in [5, 5.41) is 5.65. The Morgan fingerprint density at radius 1 is 1.00 bits per heavy atom. The van der Waals surface area contributed by atoms with E-state index in [4.69, 9.17) is 12.2 Å². The number of hydrazone groups is 1. The van der Waals surface area contributed by atoms with Crippen molar-refractivity contribution < 1.29 is 26.3 Å². The van der Waals surface area contributed by atoms with Crippen molar-refractivity contribution in [2.45, 2.75) is 12.4 Å². The average Bonchev–Trinajstić information content (AvgIpc) is 2.54. The number of alkyl halides is 6. The predicted molar refractivity (Wildman–Crippen MR) is 87.6 cm³/mol. The third kappa shape index (κ3) is 5.69. The third-order valence-electron chi connectivity index (χ3n) is 2.90. The van der Waals surface area contributed by atoms with Gasteiger partial charge >= 0.3 is 12.4 Å². The molecule has 4 nitrogen and oxygen atoms in total. The Balaban J connectivity index is 2.14. The summed E-state index contributed by atoms with van der Waals surface area (Å²) in [7, 11) is 0. The lowest BCUT2D eigenvalue weighted by Gasteiger charge is -2.15. The molecule has 2 rings (SSSR count). The molecule has 1 aromatic heterocycles. The van der Waals surface area contributed by atoms with E-state index in [1.165, 1.54) is 12.4 Å². The number of nitrogens with zero attached hydrogens (tertiary/aromatic N) is 2. The highest BCUT2D eigenvalue weighted by atomic mass is 32.1. The minimum Gasteiger partial charge on any atom is -0.331 e. The molecule has 0 spiro atoms. The Hall–Kier alpha value is -2.69. The Labute approximate surface area is 148 Å². The predicted octanol–water partition coefficient (Wildman–Crippen LogP) is 4.44. The van der Waals surface area contributed by atoms with E-state index in [0.717, 1.165) is 0 Å². The van der Waals surface area contributed by atoms with Crippen LogP contribution in [-0.2, 0) is 12.4 Å². The van der Waals surface area contributed by atoms with Crippen molar-refractivity contribution in [3.8, 4) is 0 Å². The van der Waals surface area contributed by atoms with Crippen molar-refractivity contribution in [3.05, 3.63) is 59.4 Å². The highest BCUT2D eigenvalue weighted by Crippen LogP contribution is 2.37. The number of thiocarbonyl (C=S) groups is 1. The average molecular weight is 392 g/mol. The van der Waals surface area contributed by atoms with Gasteiger partial charge in [0, 0.05) is 11.9 Å². The van der Waals surface area contributed by atoms with Gasteiger partial charge in [0.05, 0.1) is 23.0 Å². The van der Waals surface area contributed by atoms with Crippen LogP contribution in [0.25, 0.3) is 0 Å². The molecule has 26 heavy (non-hydrogen) atoms. The van der Waals surface area contributed by atoms with Crippen molar-refractivity contribution >= 4 is 29.2 Å². The normalized spacial score (nSPS) is 12.2. The van der Waals surface area contributed by atoms with Crippen LogP contribution in [0.4, 0.5) is 32.0 Å². The molecular formula is C15H10F6N4S. The molecule has 0 aliphatic carbocycles. The smallest absolute Gasteiger partial charge is 0.331 e. The molecule has 0 radical (unpaired) electrons. The summed E-state index contributed by atoms with van der Waals surface area (Å²) >= 11 is 4.81. The zero-order valence-electron chi connectivity index (χ0n) is 12.7. The van der Waals surface area contributed by atoms with Gasteiger partial charge in [-0.25, -0.2) is 0 Å². The summed E-state index contributed by atoms with van der Waals surface area (Å²) in [6, 6.07) is 6.08. The lowest BCUT2D eigenvalue weighted by atomic mass is 10.1. The molecule has 0 amide bonds. The summed E-state index contributed by atoms with van der Waals surface area (Å²) in [4.78, 5) is 3.93. The maximum Gasteiger partial charge on any atom is 0.416 e. The standard InChI is InChI=1S/C15H10F6N4S/c16-14(17,18)9-5-10(15(19,20)21)7-12(6-9)24-13(26)25-23-8-11-3-1-2-4-22-11/h1-8H,(H2,24,25,26)/b23-8-. The quantitative estimate of drug-likeness (QED) is 0.351. The van der Waals surface area contributed by atoms with Gasteiger partial charge in [0.15, 0.2) is 5.11 Å². The van der Waals surface area contributed by atoms with E-state index in [1.54, 1.807) is 18.2 Å². The van der Waals surface area contributed by atoms with Gasteiger partial charge in [-0.2, -0.15) is 31.4 Å². The Kier molecular flexibility index (Phi) is 5.80. The molecule has 0 bridgehead atoms. The Bertz CT molecular complexity index is 770. The van der Waals surface area contributed by atoms with Crippen molar-refractivity contribution in [3.63, 3.8) is 0 Å². The van der Waals surface area contributed by atoms with Crippen LogP contribution in [0.1, 0.15) is 16.8 Å². The molecule has 0 atom stereocenters. The number of rotatable bonds is 3. The minimum absolute atomic E-state index is 0.0287. The molecule has 1 aromatic carbocycles. The van der Waals surface area contributed by atoms with E-state index in [2.05, 4.69) is 20.8 Å². The molecule has 0 fully saturated rings. The Morgan fingerprint density at radius 3 is 2.12 bits per heavy atom. The number of nitrogens with one attached hydrogen (secondary N) is 2. The number of hydrogen-bond donors (Lipinski definition) is 2. The first kappa shape index (κ1) is 19.6. The summed E-state index contributed by atoms with van der Waals surface area (Å²) in [6.45, 7) is 0. The fourth-order valence-corrected chi connectivity index (χ4v) is 1.97. The maximum absolute atomic E-state index is 12.8. The van der Waals surface area contributed by atoms with E-state index in [1.807, 2.05) is 0 Å². The van der Waals surface area contributed by atoms with E-state index >= 15 is 0 Å². The van der Waals surface area contributed by atoms with Gasteiger partial charge in [0.1, 0.15) is 0 Å². The van der Waals surface area contributed by atoms with Crippen molar-refractivity contribution in [2.24, 2.45) is 5.10 Å². The molecule has 0 unspecified atom stereocenters. The second kappa shape index (κ2) is 7.68. The van der Waals surface area contributed by atoms with Gasteiger partial charge in [-0.3, -0.25) is 10.4 Å². The Morgan fingerprint density at radius 2 is 1.62 bits per heavy atom. The van der Waals surface area contributed by atoms with Crippen LogP contribution >= 0.6 is 12.2 Å². The van der Waals surface area contributed by atoms with Gasteiger partial charge < -0.3 is 5.32 Å². The van der Waals surface area contributed by atoms with E-state index in [0.29, 0.717) is 17.8 Å². The number of aromatic nitrogens is 1. The summed E-state index contributed by atoms with van der Waals surface area (Å²) in [5.74, 6) is 0. The van der Waals surface area contributed by atoms with Crippen LogP contribution in [0.5, 0.6) is 0 Å². The van der Waals surface area contributed by atoms with Crippen molar-refractivity contribution in [1.82, 2.24) is 10.4 Å². The van der Waals surface area contributed by atoms with E-state index < -0.39 is 29.2 Å². The molecule has 0 aliphatic rings. The number of halogens is 6. The second-order valence-electron chi connectivity index (χ2n) is 4.87. The van der Waals surface area contributed by atoms with Crippen molar-refractivity contribution in [1.29, 1.82) is 0 Å². The summed E-state index contributed by atoms with van der Waals surface area (Å²) < 4.78 is 76.7. The third-order valence-corrected chi connectivity index (χ3v) is 3.09.